The van der Waals surface area contributed by atoms with E-state index in [1.165, 1.54) is 28.7 Å². The molecule has 2 aromatic rings. The molecule has 0 saturated carbocycles. The molecule has 2 fully saturated rings. The predicted molar refractivity (Wildman–Crippen MR) is 145 cm³/mol. The van der Waals surface area contributed by atoms with Gasteiger partial charge in [0.25, 0.3) is 0 Å². The van der Waals surface area contributed by atoms with E-state index in [-0.39, 0.29) is 29.0 Å². The molecule has 2 atom stereocenters. The number of benzene rings is 1. The summed E-state index contributed by atoms with van der Waals surface area (Å²) in [6, 6.07) is 7.41. The zero-order valence-corrected chi connectivity index (χ0v) is 23.9. The third-order valence-electron chi connectivity index (χ3n) is 7.58. The third-order valence-corrected chi connectivity index (χ3v) is 10.4. The molecule has 40 heavy (non-hydrogen) atoms. The maximum absolute atomic E-state index is 13.4. The molecule has 0 radical (unpaired) electrons. The van der Waals surface area contributed by atoms with E-state index in [2.05, 4.69) is 10.3 Å². The number of nitrogens with one attached hydrogen (secondary N) is 1. The summed E-state index contributed by atoms with van der Waals surface area (Å²) in [4.78, 5) is 6.25. The lowest BCUT2D eigenvalue weighted by Crippen LogP contribution is -2.47. The number of anilines is 1. The predicted octanol–water partition coefficient (Wildman–Crippen LogP) is -0.101. The Hall–Kier alpha value is -2.53. The van der Waals surface area contributed by atoms with Crippen LogP contribution < -0.4 is 24.8 Å². The van der Waals surface area contributed by atoms with Crippen LogP contribution in [0, 0.1) is 0 Å². The minimum absolute atomic E-state index is 0.00361. The van der Waals surface area contributed by atoms with Gasteiger partial charge in [0.2, 0.25) is 25.9 Å². The third kappa shape index (κ3) is 6.35. The van der Waals surface area contributed by atoms with Crippen molar-refractivity contribution >= 4 is 25.7 Å². The van der Waals surface area contributed by atoms with E-state index in [1.807, 2.05) is 11.9 Å². The van der Waals surface area contributed by atoms with E-state index in [0.717, 1.165) is 0 Å². The van der Waals surface area contributed by atoms with Crippen molar-refractivity contribution in [3.8, 4) is 11.6 Å². The number of fused-ring (bicyclic) bond motifs is 1. The topological polar surface area (TPSA) is 174 Å². The number of piperidine rings is 1. The van der Waals surface area contributed by atoms with E-state index in [4.69, 9.17) is 19.3 Å². The molecule has 2 saturated heterocycles. The fourth-order valence-corrected chi connectivity index (χ4v) is 7.21. The Morgan fingerprint density at radius 1 is 1.20 bits per heavy atom. The molecule has 13 nitrogen and oxygen atoms in total. The maximum atomic E-state index is 13.4. The molecule has 15 heteroatoms. The molecule has 1 aromatic heterocycles. The van der Waals surface area contributed by atoms with Crippen LogP contribution in [-0.4, -0.2) is 102 Å². The van der Waals surface area contributed by atoms with Gasteiger partial charge in [-0.05, 0) is 37.5 Å². The van der Waals surface area contributed by atoms with Crippen LogP contribution >= 0.6 is 0 Å². The highest BCUT2D eigenvalue weighted by molar-refractivity contribution is 7.89. The Kier molecular flexibility index (Phi) is 8.25. The van der Waals surface area contributed by atoms with E-state index in [1.54, 1.807) is 12.1 Å². The standard InChI is InChI=1S/C25H35N5O8S2/c1-29-9-10-36-24-23(29)12-22(15-28-24)40(34,35)30-7-5-25(6-8-30)13-18(16-38-25)27-14-19(31)17-37-20-3-2-4-21(11-20)39(26,32)33/h2-4,11-12,15,18-19,27,31H,5-10,13-14,16-17H2,1H3,(H2,26,32,33)/t18-,19?/m1/s1. The fourth-order valence-electron chi connectivity index (χ4n) is 5.25. The molecule has 1 spiro atoms. The van der Waals surface area contributed by atoms with Crippen LogP contribution in [-0.2, 0) is 24.8 Å². The van der Waals surface area contributed by atoms with Gasteiger partial charge in [0.15, 0.2) is 0 Å². The first-order valence-corrected chi connectivity index (χ1v) is 16.1. The maximum Gasteiger partial charge on any atom is 0.244 e. The summed E-state index contributed by atoms with van der Waals surface area (Å²) < 4.78 is 68.4. The van der Waals surface area contributed by atoms with Crippen LogP contribution in [0.25, 0.3) is 0 Å². The van der Waals surface area contributed by atoms with E-state index in [9.17, 15) is 21.9 Å². The van der Waals surface area contributed by atoms with Crippen molar-refractivity contribution in [3.05, 3.63) is 36.5 Å². The Labute approximate surface area is 234 Å². The number of hydrogen-bond acceptors (Lipinski definition) is 11. The molecule has 3 aliphatic rings. The summed E-state index contributed by atoms with van der Waals surface area (Å²) >= 11 is 0. The number of aromatic nitrogens is 1. The second-order valence-electron chi connectivity index (χ2n) is 10.5. The number of nitrogens with zero attached hydrogens (tertiary/aromatic N) is 3. The lowest BCUT2D eigenvalue weighted by Gasteiger charge is -2.38. The van der Waals surface area contributed by atoms with Crippen molar-refractivity contribution in [2.45, 2.75) is 46.8 Å². The smallest absolute Gasteiger partial charge is 0.244 e. The zero-order valence-electron chi connectivity index (χ0n) is 22.2. The van der Waals surface area contributed by atoms with Crippen molar-refractivity contribution in [2.24, 2.45) is 5.14 Å². The first-order chi connectivity index (χ1) is 19.0. The number of sulfonamides is 2. The van der Waals surface area contributed by atoms with Crippen LogP contribution in [0.2, 0.25) is 0 Å². The monoisotopic (exact) mass is 597 g/mol. The van der Waals surface area contributed by atoms with Gasteiger partial charge in [0.05, 0.1) is 29.8 Å². The first-order valence-electron chi connectivity index (χ1n) is 13.1. The van der Waals surface area contributed by atoms with Crippen LogP contribution in [0.15, 0.2) is 46.3 Å². The minimum atomic E-state index is -3.84. The average molecular weight is 598 g/mol. The van der Waals surface area contributed by atoms with Gasteiger partial charge in [-0.3, -0.25) is 0 Å². The molecule has 220 valence electrons. The van der Waals surface area contributed by atoms with Gasteiger partial charge < -0.3 is 29.5 Å². The number of primary sulfonamides is 1. The highest BCUT2D eigenvalue weighted by Crippen LogP contribution is 2.38. The van der Waals surface area contributed by atoms with Crippen molar-refractivity contribution in [1.29, 1.82) is 0 Å². The minimum Gasteiger partial charge on any atom is -0.491 e. The highest BCUT2D eigenvalue weighted by Gasteiger charge is 2.45. The molecule has 0 bridgehead atoms. The molecule has 5 rings (SSSR count). The van der Waals surface area contributed by atoms with Gasteiger partial charge in [0, 0.05) is 38.8 Å². The Balaban J connectivity index is 1.09. The molecular formula is C25H35N5O8S2. The number of nitrogens with two attached hydrogens (primary N) is 1. The van der Waals surface area contributed by atoms with Crippen LogP contribution in [0.5, 0.6) is 11.6 Å². The van der Waals surface area contributed by atoms with E-state index >= 15 is 0 Å². The van der Waals surface area contributed by atoms with Crippen molar-refractivity contribution in [2.75, 3.05) is 57.9 Å². The van der Waals surface area contributed by atoms with E-state index < -0.39 is 31.8 Å². The Morgan fingerprint density at radius 3 is 2.73 bits per heavy atom. The Morgan fingerprint density at radius 2 is 1.98 bits per heavy atom. The molecule has 3 aliphatic heterocycles. The number of rotatable bonds is 9. The van der Waals surface area contributed by atoms with Crippen molar-refractivity contribution < 1.29 is 36.2 Å². The second kappa shape index (κ2) is 11.4. The molecule has 0 aliphatic carbocycles. The molecule has 4 heterocycles. The molecule has 1 aromatic carbocycles. The lowest BCUT2D eigenvalue weighted by atomic mass is 9.88. The van der Waals surface area contributed by atoms with Gasteiger partial charge in [-0.1, -0.05) is 6.07 Å². The first kappa shape index (κ1) is 29.0. The Bertz CT molecular complexity index is 1430. The largest absolute Gasteiger partial charge is 0.491 e. The summed E-state index contributed by atoms with van der Waals surface area (Å²) in [5, 5.41) is 18.8. The highest BCUT2D eigenvalue weighted by atomic mass is 32.2. The number of pyridine rings is 1. The van der Waals surface area contributed by atoms with Crippen LogP contribution in [0.4, 0.5) is 5.69 Å². The summed E-state index contributed by atoms with van der Waals surface area (Å²) in [6.45, 7) is 2.53. The number of aliphatic hydroxyl groups excluding tert-OH is 1. The molecular weight excluding hydrogens is 562 g/mol. The van der Waals surface area contributed by atoms with Gasteiger partial charge in [-0.15, -0.1) is 0 Å². The lowest BCUT2D eigenvalue weighted by molar-refractivity contribution is -0.0312. The number of aliphatic hydroxyl groups is 1. The van der Waals surface area contributed by atoms with Crippen LogP contribution in [0.1, 0.15) is 19.3 Å². The SMILES string of the molecule is CN1CCOc2ncc(S(=O)(=O)N3CCC4(CC3)C[C@@H](NCC(O)COc3cccc(S(N)(=O)=O)c3)CO4)cc21. The van der Waals surface area contributed by atoms with Crippen molar-refractivity contribution in [1.82, 2.24) is 14.6 Å². The van der Waals surface area contributed by atoms with Gasteiger partial charge >= 0.3 is 0 Å². The molecule has 1 unspecified atom stereocenters. The average Bonchev–Trinajstić information content (AvgIpc) is 3.32. The summed E-state index contributed by atoms with van der Waals surface area (Å²) in [5.41, 5.74) is 0.250. The van der Waals surface area contributed by atoms with E-state index in [0.29, 0.717) is 69.4 Å². The summed E-state index contributed by atoms with van der Waals surface area (Å²) in [7, 11) is -5.67. The van der Waals surface area contributed by atoms with Crippen molar-refractivity contribution in [3.63, 3.8) is 0 Å². The molecule has 0 amide bonds. The normalized spacial score (nSPS) is 22.1. The second-order valence-corrected chi connectivity index (χ2v) is 14.0. The zero-order chi connectivity index (χ0) is 28.5. The fraction of sp³-hybridized carbons (Fsp3) is 0.560. The summed E-state index contributed by atoms with van der Waals surface area (Å²) in [6.07, 6.45) is 2.36. The van der Waals surface area contributed by atoms with Gasteiger partial charge in [0.1, 0.15) is 35.7 Å². The summed E-state index contributed by atoms with van der Waals surface area (Å²) in [5.74, 6) is 0.734. The number of hydrogen-bond donors (Lipinski definition) is 3. The quantitative estimate of drug-likeness (QED) is 0.352. The van der Waals surface area contributed by atoms with Crippen LogP contribution in [0.3, 0.4) is 0 Å². The van der Waals surface area contributed by atoms with Gasteiger partial charge in [-0.25, -0.2) is 27.0 Å². The number of likely N-dealkylation sites (N-methyl/N-ethyl adjacent to an activating group) is 1. The van der Waals surface area contributed by atoms with Gasteiger partial charge in [-0.2, -0.15) is 4.31 Å². The molecule has 4 N–H and O–H groups in total. The number of ether oxygens (including phenoxy) is 3.